The normalized spacial score (nSPS) is 23.3. The lowest BCUT2D eigenvalue weighted by atomic mass is 9.95. The molecule has 1 rings (SSSR count). The van der Waals surface area contributed by atoms with Crippen molar-refractivity contribution in [1.82, 2.24) is 9.80 Å². The first kappa shape index (κ1) is 14.9. The van der Waals surface area contributed by atoms with Gasteiger partial charge in [0.2, 0.25) is 0 Å². The van der Waals surface area contributed by atoms with Crippen LogP contribution in [0.25, 0.3) is 0 Å². The predicted molar refractivity (Wildman–Crippen MR) is 75.2 cm³/mol. The van der Waals surface area contributed by atoms with Crippen LogP contribution in [0, 0.1) is 5.92 Å². The van der Waals surface area contributed by atoms with Gasteiger partial charge in [-0.1, -0.05) is 0 Å². The Bertz CT molecular complexity index is 210. The number of rotatable bonds is 6. The molecular weight excluding hydrogens is 210 g/mol. The van der Waals surface area contributed by atoms with E-state index >= 15 is 0 Å². The van der Waals surface area contributed by atoms with Crippen molar-refractivity contribution < 1.29 is 0 Å². The third-order valence-corrected chi connectivity index (χ3v) is 3.78. The summed E-state index contributed by atoms with van der Waals surface area (Å²) in [6, 6.07) is 0. The van der Waals surface area contributed by atoms with Gasteiger partial charge in [0, 0.05) is 12.1 Å². The third-order valence-electron chi connectivity index (χ3n) is 3.78. The summed E-state index contributed by atoms with van der Waals surface area (Å²) in [5.41, 5.74) is 5.98. The molecule has 1 saturated heterocycles. The molecule has 0 aromatic rings. The summed E-state index contributed by atoms with van der Waals surface area (Å²) in [6.45, 7) is 9.12. The molecule has 0 aliphatic carbocycles. The molecule has 1 aliphatic heterocycles. The second-order valence-electron chi connectivity index (χ2n) is 6.60. The highest BCUT2D eigenvalue weighted by atomic mass is 15.1. The average Bonchev–Trinajstić information content (AvgIpc) is 2.23. The molecule has 17 heavy (non-hydrogen) atoms. The van der Waals surface area contributed by atoms with Crippen molar-refractivity contribution in [3.8, 4) is 0 Å². The van der Waals surface area contributed by atoms with Crippen LogP contribution >= 0.6 is 0 Å². The summed E-state index contributed by atoms with van der Waals surface area (Å²) in [5.74, 6) is 0.905. The largest absolute Gasteiger partial charge is 0.326 e. The number of hydrogen-bond donors (Lipinski definition) is 1. The maximum Gasteiger partial charge on any atom is 0.0109 e. The van der Waals surface area contributed by atoms with E-state index in [9.17, 15) is 0 Å². The lowest BCUT2D eigenvalue weighted by Gasteiger charge is -2.31. The van der Waals surface area contributed by atoms with E-state index in [4.69, 9.17) is 5.73 Å². The van der Waals surface area contributed by atoms with Gasteiger partial charge in [0.1, 0.15) is 0 Å². The summed E-state index contributed by atoms with van der Waals surface area (Å²) in [7, 11) is 4.46. The van der Waals surface area contributed by atoms with Gasteiger partial charge in [0.15, 0.2) is 0 Å². The highest BCUT2D eigenvalue weighted by Crippen LogP contribution is 2.18. The Morgan fingerprint density at radius 1 is 1.35 bits per heavy atom. The van der Waals surface area contributed by atoms with Crippen LogP contribution in [0.4, 0.5) is 0 Å². The van der Waals surface area contributed by atoms with Crippen LogP contribution in [0.2, 0.25) is 0 Å². The van der Waals surface area contributed by atoms with Gasteiger partial charge in [-0.25, -0.2) is 0 Å². The van der Waals surface area contributed by atoms with Gasteiger partial charge >= 0.3 is 0 Å². The van der Waals surface area contributed by atoms with Crippen molar-refractivity contribution in [2.24, 2.45) is 11.7 Å². The Balaban J connectivity index is 2.12. The molecule has 1 heterocycles. The van der Waals surface area contributed by atoms with Gasteiger partial charge in [-0.15, -0.1) is 0 Å². The first-order valence-electron chi connectivity index (χ1n) is 7.03. The van der Waals surface area contributed by atoms with E-state index in [1.165, 1.54) is 38.9 Å². The predicted octanol–water partition coefficient (Wildman–Crippen LogP) is 1.78. The molecule has 3 nitrogen and oxygen atoms in total. The molecule has 1 unspecified atom stereocenters. The molecule has 1 atom stereocenters. The second kappa shape index (κ2) is 6.72. The fourth-order valence-electron chi connectivity index (χ4n) is 2.50. The van der Waals surface area contributed by atoms with Crippen LogP contribution in [-0.4, -0.2) is 55.6 Å². The molecule has 3 heteroatoms. The maximum absolute atomic E-state index is 6.01. The summed E-state index contributed by atoms with van der Waals surface area (Å²) >= 11 is 0. The van der Waals surface area contributed by atoms with Gasteiger partial charge in [0.05, 0.1) is 0 Å². The molecule has 0 saturated carbocycles. The van der Waals surface area contributed by atoms with E-state index in [0.717, 1.165) is 18.9 Å². The van der Waals surface area contributed by atoms with E-state index in [0.29, 0.717) is 0 Å². The van der Waals surface area contributed by atoms with E-state index in [-0.39, 0.29) is 5.54 Å². The lowest BCUT2D eigenvalue weighted by molar-refractivity contribution is 0.183. The molecule has 1 fully saturated rings. The molecule has 2 N–H and O–H groups in total. The Hall–Kier alpha value is -0.120. The van der Waals surface area contributed by atoms with Crippen LogP contribution in [-0.2, 0) is 0 Å². The second-order valence-corrected chi connectivity index (χ2v) is 6.60. The minimum Gasteiger partial charge on any atom is -0.326 e. The minimum atomic E-state index is -0.0285. The van der Waals surface area contributed by atoms with Crippen molar-refractivity contribution in [3.63, 3.8) is 0 Å². The molecule has 102 valence electrons. The van der Waals surface area contributed by atoms with Gasteiger partial charge in [-0.05, 0) is 79.2 Å². The Morgan fingerprint density at radius 2 is 2.06 bits per heavy atom. The number of piperidine rings is 1. The first-order valence-corrected chi connectivity index (χ1v) is 7.03. The summed E-state index contributed by atoms with van der Waals surface area (Å²) < 4.78 is 0. The van der Waals surface area contributed by atoms with Crippen LogP contribution in [0.3, 0.4) is 0 Å². The van der Waals surface area contributed by atoms with Crippen molar-refractivity contribution in [3.05, 3.63) is 0 Å². The Morgan fingerprint density at radius 3 is 2.65 bits per heavy atom. The van der Waals surface area contributed by atoms with E-state index in [1.807, 2.05) is 0 Å². The van der Waals surface area contributed by atoms with Crippen LogP contribution < -0.4 is 5.73 Å². The Labute approximate surface area is 107 Å². The smallest absolute Gasteiger partial charge is 0.0109 e. The molecule has 0 radical (unpaired) electrons. The Kier molecular flexibility index (Phi) is 5.90. The summed E-state index contributed by atoms with van der Waals surface area (Å²) in [5, 5.41) is 0. The highest BCUT2D eigenvalue weighted by Gasteiger charge is 2.18. The monoisotopic (exact) mass is 241 g/mol. The van der Waals surface area contributed by atoms with Gasteiger partial charge < -0.3 is 15.5 Å². The number of likely N-dealkylation sites (tertiary alicyclic amines) is 1. The molecule has 0 spiro atoms. The van der Waals surface area contributed by atoms with Crippen molar-refractivity contribution in [2.45, 2.75) is 45.1 Å². The zero-order chi connectivity index (χ0) is 12.9. The molecular formula is C14H31N3. The number of nitrogens with two attached hydrogens (primary N) is 1. The molecule has 0 amide bonds. The number of hydrogen-bond acceptors (Lipinski definition) is 3. The third kappa shape index (κ3) is 7.02. The van der Waals surface area contributed by atoms with E-state index in [1.54, 1.807) is 0 Å². The highest BCUT2D eigenvalue weighted by molar-refractivity contribution is 4.75. The number of nitrogens with zero attached hydrogens (tertiary/aromatic N) is 2. The summed E-state index contributed by atoms with van der Waals surface area (Å²) in [6.07, 6.45) is 5.21. The molecule has 0 aromatic heterocycles. The molecule has 0 bridgehead atoms. The maximum atomic E-state index is 6.01. The first-order chi connectivity index (χ1) is 7.87. The average molecular weight is 241 g/mol. The van der Waals surface area contributed by atoms with Crippen molar-refractivity contribution in [2.75, 3.05) is 40.3 Å². The van der Waals surface area contributed by atoms with Crippen molar-refractivity contribution in [1.29, 1.82) is 0 Å². The quantitative estimate of drug-likeness (QED) is 0.769. The van der Waals surface area contributed by atoms with Gasteiger partial charge in [0.25, 0.3) is 0 Å². The fourth-order valence-corrected chi connectivity index (χ4v) is 2.50. The van der Waals surface area contributed by atoms with Crippen LogP contribution in [0.5, 0.6) is 0 Å². The standard InChI is InChI=1S/C14H31N3/c1-14(2,15)8-11-16(3)10-7-13-6-5-9-17(4)12-13/h13H,5-12,15H2,1-4H3. The van der Waals surface area contributed by atoms with Crippen LogP contribution in [0.15, 0.2) is 0 Å². The zero-order valence-corrected chi connectivity index (χ0v) is 12.2. The lowest BCUT2D eigenvalue weighted by Crippen LogP contribution is -2.37. The van der Waals surface area contributed by atoms with Crippen molar-refractivity contribution >= 4 is 0 Å². The van der Waals surface area contributed by atoms with Crippen LogP contribution in [0.1, 0.15) is 39.5 Å². The fraction of sp³-hybridized carbons (Fsp3) is 1.00. The summed E-state index contributed by atoms with van der Waals surface area (Å²) in [4.78, 5) is 4.90. The zero-order valence-electron chi connectivity index (χ0n) is 12.2. The molecule has 1 aliphatic rings. The molecule has 0 aromatic carbocycles. The van der Waals surface area contributed by atoms with Gasteiger partial charge in [-0.2, -0.15) is 0 Å². The van der Waals surface area contributed by atoms with E-state index in [2.05, 4.69) is 37.7 Å². The topological polar surface area (TPSA) is 32.5 Å². The SMILES string of the molecule is CN(CCC1CCCN(C)C1)CCC(C)(C)N. The van der Waals surface area contributed by atoms with E-state index < -0.39 is 0 Å². The van der Waals surface area contributed by atoms with Gasteiger partial charge in [-0.3, -0.25) is 0 Å². The minimum absolute atomic E-state index is 0.0285.